The fraction of sp³-hybridized carbons (Fsp3) is 0.231. The van der Waals surface area contributed by atoms with Crippen LogP contribution in [0, 0.1) is 13.8 Å². The topological polar surface area (TPSA) is 25.2 Å². The maximum absolute atomic E-state index is 6.04. The van der Waals surface area contributed by atoms with Crippen LogP contribution in [-0.2, 0) is 6.54 Å². The SMILES string of the molecule is Cc1ccc(CNc2cccc(Cl)c2C)o1. The lowest BCUT2D eigenvalue weighted by Crippen LogP contribution is -1.99. The summed E-state index contributed by atoms with van der Waals surface area (Å²) >= 11 is 6.04. The van der Waals surface area contributed by atoms with Crippen molar-refractivity contribution < 1.29 is 4.42 Å². The minimum absolute atomic E-state index is 0.676. The lowest BCUT2D eigenvalue weighted by atomic mass is 10.2. The fourth-order valence-electron chi connectivity index (χ4n) is 1.56. The molecule has 0 amide bonds. The summed E-state index contributed by atoms with van der Waals surface area (Å²) in [6, 6.07) is 9.77. The third-order valence-corrected chi connectivity index (χ3v) is 2.93. The molecule has 2 nitrogen and oxygen atoms in total. The van der Waals surface area contributed by atoms with Crippen molar-refractivity contribution in [2.45, 2.75) is 20.4 Å². The van der Waals surface area contributed by atoms with Crippen LogP contribution in [0.25, 0.3) is 0 Å². The average Bonchev–Trinajstić information content (AvgIpc) is 2.67. The zero-order valence-electron chi connectivity index (χ0n) is 9.38. The minimum Gasteiger partial charge on any atom is -0.465 e. The molecule has 2 aromatic rings. The first kappa shape index (κ1) is 11.1. The van der Waals surface area contributed by atoms with Crippen molar-refractivity contribution in [2.75, 3.05) is 5.32 Å². The standard InChI is InChI=1S/C13H14ClNO/c1-9-6-7-11(16-9)8-15-13-5-3-4-12(14)10(13)2/h3-7,15H,8H2,1-2H3. The molecule has 0 radical (unpaired) electrons. The number of aryl methyl sites for hydroxylation is 1. The summed E-state index contributed by atoms with van der Waals surface area (Å²) in [5, 5.41) is 4.08. The summed E-state index contributed by atoms with van der Waals surface area (Å²) in [4.78, 5) is 0. The molecule has 1 N–H and O–H groups in total. The molecule has 0 aliphatic heterocycles. The highest BCUT2D eigenvalue weighted by molar-refractivity contribution is 6.31. The van der Waals surface area contributed by atoms with E-state index in [0.29, 0.717) is 6.54 Å². The molecule has 0 saturated heterocycles. The number of anilines is 1. The van der Waals surface area contributed by atoms with Crippen LogP contribution >= 0.6 is 11.6 Å². The van der Waals surface area contributed by atoms with Crippen molar-refractivity contribution in [2.24, 2.45) is 0 Å². The highest BCUT2D eigenvalue weighted by Gasteiger charge is 2.03. The monoisotopic (exact) mass is 235 g/mol. The van der Waals surface area contributed by atoms with Crippen LogP contribution in [0.3, 0.4) is 0 Å². The summed E-state index contributed by atoms with van der Waals surface area (Å²) in [5.74, 6) is 1.86. The molecule has 0 bridgehead atoms. The fourth-order valence-corrected chi connectivity index (χ4v) is 1.74. The molecule has 0 aliphatic carbocycles. The van der Waals surface area contributed by atoms with Gasteiger partial charge in [-0.2, -0.15) is 0 Å². The molecule has 3 heteroatoms. The number of hydrogen-bond acceptors (Lipinski definition) is 2. The van der Waals surface area contributed by atoms with Gasteiger partial charge in [-0.05, 0) is 43.7 Å². The minimum atomic E-state index is 0.676. The van der Waals surface area contributed by atoms with E-state index in [1.807, 2.05) is 44.2 Å². The van der Waals surface area contributed by atoms with Gasteiger partial charge in [0.05, 0.1) is 6.54 Å². The van der Waals surface area contributed by atoms with Gasteiger partial charge in [0.2, 0.25) is 0 Å². The second-order valence-corrected chi connectivity index (χ2v) is 4.19. The van der Waals surface area contributed by atoms with Crippen LogP contribution in [-0.4, -0.2) is 0 Å². The number of benzene rings is 1. The molecule has 16 heavy (non-hydrogen) atoms. The van der Waals surface area contributed by atoms with Crippen LogP contribution in [0.15, 0.2) is 34.7 Å². The smallest absolute Gasteiger partial charge is 0.123 e. The molecule has 0 saturated carbocycles. The van der Waals surface area contributed by atoms with Crippen molar-refractivity contribution in [1.82, 2.24) is 0 Å². The second kappa shape index (κ2) is 4.62. The van der Waals surface area contributed by atoms with Crippen molar-refractivity contribution >= 4 is 17.3 Å². The summed E-state index contributed by atoms with van der Waals surface area (Å²) in [6.45, 7) is 4.61. The van der Waals surface area contributed by atoms with Gasteiger partial charge in [0, 0.05) is 10.7 Å². The summed E-state index contributed by atoms with van der Waals surface area (Å²) in [7, 11) is 0. The number of nitrogens with one attached hydrogen (secondary N) is 1. The molecular formula is C13H14ClNO. The predicted molar refractivity (Wildman–Crippen MR) is 67.0 cm³/mol. The lowest BCUT2D eigenvalue weighted by Gasteiger charge is -2.09. The molecule has 1 aromatic heterocycles. The van der Waals surface area contributed by atoms with Crippen LogP contribution in [0.1, 0.15) is 17.1 Å². The Balaban J connectivity index is 2.07. The van der Waals surface area contributed by atoms with Crippen molar-refractivity contribution in [3.8, 4) is 0 Å². The average molecular weight is 236 g/mol. The maximum Gasteiger partial charge on any atom is 0.123 e. The van der Waals surface area contributed by atoms with E-state index in [4.69, 9.17) is 16.0 Å². The van der Waals surface area contributed by atoms with Crippen molar-refractivity contribution in [3.05, 3.63) is 52.4 Å². The number of hydrogen-bond donors (Lipinski definition) is 1. The van der Waals surface area contributed by atoms with E-state index in [-0.39, 0.29) is 0 Å². The predicted octanol–water partition coefficient (Wildman–Crippen LogP) is 4.16. The Morgan fingerprint density at radius 2 is 2.00 bits per heavy atom. The summed E-state index contributed by atoms with van der Waals surface area (Å²) in [6.07, 6.45) is 0. The second-order valence-electron chi connectivity index (χ2n) is 3.78. The zero-order chi connectivity index (χ0) is 11.5. The van der Waals surface area contributed by atoms with Crippen molar-refractivity contribution in [3.63, 3.8) is 0 Å². The van der Waals surface area contributed by atoms with E-state index < -0.39 is 0 Å². The molecule has 0 spiro atoms. The van der Waals surface area contributed by atoms with E-state index in [0.717, 1.165) is 27.8 Å². The molecule has 1 aromatic carbocycles. The lowest BCUT2D eigenvalue weighted by molar-refractivity contribution is 0.490. The van der Waals surface area contributed by atoms with Crippen molar-refractivity contribution in [1.29, 1.82) is 0 Å². The van der Waals surface area contributed by atoms with E-state index >= 15 is 0 Å². The van der Waals surface area contributed by atoms with Gasteiger partial charge >= 0.3 is 0 Å². The van der Waals surface area contributed by atoms with Gasteiger partial charge < -0.3 is 9.73 Å². The van der Waals surface area contributed by atoms with E-state index in [1.165, 1.54) is 0 Å². The zero-order valence-corrected chi connectivity index (χ0v) is 10.1. The molecule has 0 fully saturated rings. The Hall–Kier alpha value is -1.41. The summed E-state index contributed by atoms with van der Waals surface area (Å²) in [5.41, 5.74) is 2.11. The van der Waals surface area contributed by atoms with Gasteiger partial charge in [0.1, 0.15) is 11.5 Å². The Morgan fingerprint density at radius 3 is 2.69 bits per heavy atom. The Labute approximate surface area is 100 Å². The van der Waals surface area contributed by atoms with E-state index in [2.05, 4.69) is 5.32 Å². The van der Waals surface area contributed by atoms with Gasteiger partial charge in [0.25, 0.3) is 0 Å². The first-order valence-corrected chi connectivity index (χ1v) is 5.59. The van der Waals surface area contributed by atoms with Gasteiger partial charge in [-0.15, -0.1) is 0 Å². The Bertz CT molecular complexity index is 490. The van der Waals surface area contributed by atoms with Crippen LogP contribution in [0.4, 0.5) is 5.69 Å². The van der Waals surface area contributed by atoms with E-state index in [1.54, 1.807) is 0 Å². The Morgan fingerprint density at radius 1 is 1.19 bits per heavy atom. The molecule has 0 unspecified atom stereocenters. The normalized spacial score (nSPS) is 10.4. The molecule has 0 aliphatic rings. The third kappa shape index (κ3) is 2.39. The molecular weight excluding hydrogens is 222 g/mol. The molecule has 2 rings (SSSR count). The maximum atomic E-state index is 6.04. The third-order valence-electron chi connectivity index (χ3n) is 2.52. The van der Waals surface area contributed by atoms with Crippen LogP contribution in [0.2, 0.25) is 5.02 Å². The molecule has 0 atom stereocenters. The number of halogens is 1. The number of rotatable bonds is 3. The quantitative estimate of drug-likeness (QED) is 0.864. The first-order chi connectivity index (χ1) is 7.66. The van der Waals surface area contributed by atoms with Crippen LogP contribution in [0.5, 0.6) is 0 Å². The van der Waals surface area contributed by atoms with E-state index in [9.17, 15) is 0 Å². The highest BCUT2D eigenvalue weighted by Crippen LogP contribution is 2.23. The first-order valence-electron chi connectivity index (χ1n) is 5.21. The summed E-state index contributed by atoms with van der Waals surface area (Å²) < 4.78 is 5.48. The van der Waals surface area contributed by atoms with Crippen LogP contribution < -0.4 is 5.32 Å². The molecule has 84 valence electrons. The van der Waals surface area contributed by atoms with Gasteiger partial charge in [-0.25, -0.2) is 0 Å². The van der Waals surface area contributed by atoms with Gasteiger partial charge in [-0.3, -0.25) is 0 Å². The molecule has 1 heterocycles. The number of furan rings is 1. The van der Waals surface area contributed by atoms with Gasteiger partial charge in [-0.1, -0.05) is 17.7 Å². The largest absolute Gasteiger partial charge is 0.465 e. The Kier molecular flexibility index (Phi) is 3.20. The highest BCUT2D eigenvalue weighted by atomic mass is 35.5. The van der Waals surface area contributed by atoms with Gasteiger partial charge in [0.15, 0.2) is 0 Å².